The molecule has 34 heavy (non-hydrogen) atoms. The molecule has 1 aromatic heterocycles. The highest BCUT2D eigenvalue weighted by molar-refractivity contribution is 6.30. The Balaban J connectivity index is 1.57. The second-order valence-electron chi connectivity index (χ2n) is 8.89. The van der Waals surface area contributed by atoms with E-state index in [9.17, 15) is 31.5 Å². The Labute approximate surface area is 197 Å². The Bertz CT molecular complexity index is 1120. The van der Waals surface area contributed by atoms with Crippen LogP contribution in [0, 0.1) is 23.5 Å². The zero-order valence-electron chi connectivity index (χ0n) is 18.0. The fourth-order valence-electron chi connectivity index (χ4n) is 4.30. The Morgan fingerprint density at radius 2 is 1.85 bits per heavy atom. The van der Waals surface area contributed by atoms with Gasteiger partial charge in [-0.1, -0.05) is 18.5 Å². The molecule has 1 aliphatic heterocycles. The van der Waals surface area contributed by atoms with Crippen LogP contribution in [0.1, 0.15) is 53.7 Å². The SMILES string of the molecule is C[C@@H]1C[C@H](C(=O)N[C@@H](c2cc(F)c(Cl)cc2F)C2CC2)N(C(=O)c2cncc(C(F)(F)F)c2)C1. The van der Waals surface area contributed by atoms with Crippen molar-refractivity contribution in [1.82, 2.24) is 15.2 Å². The second-order valence-corrected chi connectivity index (χ2v) is 9.29. The molecule has 0 spiro atoms. The minimum atomic E-state index is -4.67. The van der Waals surface area contributed by atoms with Crippen LogP contribution >= 0.6 is 11.6 Å². The fourth-order valence-corrected chi connectivity index (χ4v) is 4.45. The highest BCUT2D eigenvalue weighted by atomic mass is 35.5. The molecule has 182 valence electrons. The van der Waals surface area contributed by atoms with Crippen molar-refractivity contribution in [2.24, 2.45) is 11.8 Å². The van der Waals surface area contributed by atoms with Crippen LogP contribution in [0.3, 0.4) is 0 Å². The standard InChI is InChI=1S/C23H21ClF5N3O2/c1-11-4-19(32(10-11)22(34)13-5-14(9-30-8-13)23(27,28)29)21(33)31-20(12-2-3-12)15-6-18(26)16(24)7-17(15)25/h5-9,11-12,19-20H,2-4,10H2,1H3,(H,31,33)/t11-,19-,20-/m1/s1. The molecule has 2 amide bonds. The lowest BCUT2D eigenvalue weighted by molar-refractivity contribution is -0.137. The first-order valence-electron chi connectivity index (χ1n) is 10.7. The summed E-state index contributed by atoms with van der Waals surface area (Å²) in [6, 6.07) is 0.713. The minimum absolute atomic E-state index is 0.0382. The van der Waals surface area contributed by atoms with Crippen LogP contribution in [0.5, 0.6) is 0 Å². The summed E-state index contributed by atoms with van der Waals surface area (Å²) in [6.45, 7) is 1.97. The summed E-state index contributed by atoms with van der Waals surface area (Å²) in [4.78, 5) is 31.0. The van der Waals surface area contributed by atoms with Crippen molar-refractivity contribution in [2.75, 3.05) is 6.54 Å². The molecule has 1 aliphatic carbocycles. The van der Waals surface area contributed by atoms with E-state index in [0.717, 1.165) is 18.3 Å². The number of likely N-dealkylation sites (tertiary alicyclic amines) is 1. The van der Waals surface area contributed by atoms with Gasteiger partial charge in [-0.3, -0.25) is 14.6 Å². The monoisotopic (exact) mass is 501 g/mol. The first-order valence-corrected chi connectivity index (χ1v) is 11.1. The Hall–Kier alpha value is -2.75. The number of carbonyl (C=O) groups excluding carboxylic acids is 2. The van der Waals surface area contributed by atoms with Gasteiger partial charge in [0.05, 0.1) is 22.2 Å². The Morgan fingerprint density at radius 1 is 1.15 bits per heavy atom. The van der Waals surface area contributed by atoms with Gasteiger partial charge in [0.1, 0.15) is 17.7 Å². The molecule has 2 heterocycles. The van der Waals surface area contributed by atoms with Gasteiger partial charge >= 0.3 is 6.18 Å². The topological polar surface area (TPSA) is 62.3 Å². The minimum Gasteiger partial charge on any atom is -0.347 e. The number of amides is 2. The summed E-state index contributed by atoms with van der Waals surface area (Å²) >= 11 is 5.64. The van der Waals surface area contributed by atoms with Gasteiger partial charge in [0.15, 0.2) is 0 Å². The van der Waals surface area contributed by atoms with Crippen LogP contribution in [0.15, 0.2) is 30.6 Å². The molecule has 0 radical (unpaired) electrons. The zero-order valence-corrected chi connectivity index (χ0v) is 18.8. The lowest BCUT2D eigenvalue weighted by atomic mass is 10.00. The number of nitrogens with one attached hydrogen (secondary N) is 1. The van der Waals surface area contributed by atoms with Gasteiger partial charge in [-0.25, -0.2) is 8.78 Å². The van der Waals surface area contributed by atoms with Crippen molar-refractivity contribution in [3.63, 3.8) is 0 Å². The number of pyridine rings is 1. The van der Waals surface area contributed by atoms with E-state index in [2.05, 4.69) is 10.3 Å². The average molecular weight is 502 g/mol. The third-order valence-electron chi connectivity index (χ3n) is 6.15. The van der Waals surface area contributed by atoms with Crippen molar-refractivity contribution in [3.8, 4) is 0 Å². The molecule has 0 bridgehead atoms. The maximum Gasteiger partial charge on any atom is 0.417 e. The predicted molar refractivity (Wildman–Crippen MR) is 113 cm³/mol. The largest absolute Gasteiger partial charge is 0.417 e. The molecule has 5 nitrogen and oxygen atoms in total. The van der Waals surface area contributed by atoms with Crippen molar-refractivity contribution < 1.29 is 31.5 Å². The van der Waals surface area contributed by atoms with Gasteiger partial charge in [0, 0.05) is 24.5 Å². The summed E-state index contributed by atoms with van der Waals surface area (Å²) in [7, 11) is 0. The van der Waals surface area contributed by atoms with Crippen molar-refractivity contribution in [2.45, 2.75) is 44.4 Å². The Morgan fingerprint density at radius 3 is 2.50 bits per heavy atom. The van der Waals surface area contributed by atoms with Crippen molar-refractivity contribution >= 4 is 23.4 Å². The van der Waals surface area contributed by atoms with Gasteiger partial charge in [-0.15, -0.1) is 0 Å². The van der Waals surface area contributed by atoms with Crippen molar-refractivity contribution in [1.29, 1.82) is 0 Å². The average Bonchev–Trinajstić information content (AvgIpc) is 3.54. The number of hydrogen-bond donors (Lipinski definition) is 1. The van der Waals surface area contributed by atoms with Gasteiger partial charge in [0.25, 0.3) is 5.91 Å². The summed E-state index contributed by atoms with van der Waals surface area (Å²) in [5, 5.41) is 2.36. The number of benzene rings is 1. The number of hydrogen-bond acceptors (Lipinski definition) is 3. The molecular weight excluding hydrogens is 481 g/mol. The summed E-state index contributed by atoms with van der Waals surface area (Å²) in [5.74, 6) is -3.11. The molecule has 0 unspecified atom stereocenters. The number of halogens is 6. The quantitative estimate of drug-likeness (QED) is 0.455. The lowest BCUT2D eigenvalue weighted by Gasteiger charge is -2.27. The van der Waals surface area contributed by atoms with Crippen LogP contribution in [-0.4, -0.2) is 34.3 Å². The maximum absolute atomic E-state index is 14.6. The van der Waals surface area contributed by atoms with E-state index in [1.807, 2.05) is 6.92 Å². The zero-order chi connectivity index (χ0) is 24.8. The third-order valence-corrected chi connectivity index (χ3v) is 6.44. The molecule has 1 saturated carbocycles. The lowest BCUT2D eigenvalue weighted by Crippen LogP contribution is -2.47. The van der Waals surface area contributed by atoms with E-state index in [1.54, 1.807) is 0 Å². The molecular formula is C23H21ClF5N3O2. The Kier molecular flexibility index (Phi) is 6.54. The maximum atomic E-state index is 14.6. The van der Waals surface area contributed by atoms with Gasteiger partial charge in [0.2, 0.25) is 5.91 Å². The molecule has 1 aromatic carbocycles. The third kappa shape index (κ3) is 5.01. The van der Waals surface area contributed by atoms with E-state index in [0.29, 0.717) is 25.1 Å². The highest BCUT2D eigenvalue weighted by Crippen LogP contribution is 2.43. The van der Waals surface area contributed by atoms with Gasteiger partial charge in [-0.05, 0) is 49.3 Å². The summed E-state index contributed by atoms with van der Waals surface area (Å²) < 4.78 is 67.7. The normalized spacial score (nSPS) is 21.4. The van der Waals surface area contributed by atoms with Crippen LogP contribution in [0.2, 0.25) is 5.02 Å². The number of nitrogens with zero attached hydrogens (tertiary/aromatic N) is 2. The predicted octanol–water partition coefficient (Wildman–Crippen LogP) is 5.15. The molecule has 4 rings (SSSR count). The van der Waals surface area contributed by atoms with Crippen LogP contribution in [-0.2, 0) is 11.0 Å². The van der Waals surface area contributed by atoms with Gasteiger partial charge < -0.3 is 10.2 Å². The van der Waals surface area contributed by atoms with Crippen LogP contribution in [0.4, 0.5) is 22.0 Å². The van der Waals surface area contributed by atoms with E-state index in [-0.39, 0.29) is 41.0 Å². The molecule has 2 aliphatic rings. The van der Waals surface area contributed by atoms with Crippen LogP contribution < -0.4 is 5.32 Å². The van der Waals surface area contributed by atoms with Gasteiger partial charge in [-0.2, -0.15) is 13.2 Å². The van der Waals surface area contributed by atoms with E-state index < -0.39 is 47.3 Å². The molecule has 3 atom stereocenters. The molecule has 1 saturated heterocycles. The molecule has 11 heteroatoms. The number of alkyl halides is 3. The molecule has 2 fully saturated rings. The molecule has 2 aromatic rings. The second kappa shape index (κ2) is 9.13. The first kappa shape index (κ1) is 24.4. The van der Waals surface area contributed by atoms with E-state index in [1.165, 1.54) is 4.90 Å². The number of rotatable bonds is 5. The molecule has 1 N–H and O–H groups in total. The highest BCUT2D eigenvalue weighted by Gasteiger charge is 2.42. The van der Waals surface area contributed by atoms with Crippen LogP contribution in [0.25, 0.3) is 0 Å². The van der Waals surface area contributed by atoms with E-state index >= 15 is 0 Å². The first-order chi connectivity index (χ1) is 16.0. The van der Waals surface area contributed by atoms with Crippen molar-refractivity contribution in [3.05, 3.63) is 63.9 Å². The number of carbonyl (C=O) groups is 2. The van der Waals surface area contributed by atoms with E-state index in [4.69, 9.17) is 11.6 Å². The fraction of sp³-hybridized carbons (Fsp3) is 0.435. The smallest absolute Gasteiger partial charge is 0.347 e. The summed E-state index contributed by atoms with van der Waals surface area (Å²) in [6.07, 6.45) is -1.35. The summed E-state index contributed by atoms with van der Waals surface area (Å²) in [5.41, 5.74) is -1.39. The number of aromatic nitrogens is 1.